The number of benzene rings is 1. The van der Waals surface area contributed by atoms with Crippen LogP contribution in [0.25, 0.3) is 0 Å². The van der Waals surface area contributed by atoms with Gasteiger partial charge in [0.2, 0.25) is 5.91 Å². The van der Waals surface area contributed by atoms with Crippen molar-refractivity contribution in [2.24, 2.45) is 0 Å². The first-order valence-electron chi connectivity index (χ1n) is 5.56. The van der Waals surface area contributed by atoms with E-state index in [2.05, 4.69) is 17.9 Å². The molecule has 0 saturated heterocycles. The molecule has 0 fully saturated rings. The summed E-state index contributed by atoms with van der Waals surface area (Å²) in [6, 6.07) is 5.78. The van der Waals surface area contributed by atoms with Crippen molar-refractivity contribution in [1.82, 2.24) is 5.32 Å². The summed E-state index contributed by atoms with van der Waals surface area (Å²) in [5.74, 6) is -1.32. The highest BCUT2D eigenvalue weighted by molar-refractivity contribution is 7.80. The molecule has 0 aliphatic carbocycles. The molecule has 0 unspecified atom stereocenters. The molecule has 6 nitrogen and oxygen atoms in total. The minimum atomic E-state index is -1.06. The summed E-state index contributed by atoms with van der Waals surface area (Å²) in [6.07, 6.45) is 1.34. The van der Waals surface area contributed by atoms with Crippen molar-refractivity contribution in [3.63, 3.8) is 0 Å². The summed E-state index contributed by atoms with van der Waals surface area (Å²) in [4.78, 5) is 41.0. The van der Waals surface area contributed by atoms with E-state index in [4.69, 9.17) is 5.11 Å². The molecular weight excluding hydrogens is 282 g/mol. The largest absolute Gasteiger partial charge is 0.480 e. The first-order chi connectivity index (χ1) is 9.46. The third-order valence-electron chi connectivity index (χ3n) is 2.11. The van der Waals surface area contributed by atoms with Gasteiger partial charge in [-0.3, -0.25) is 14.4 Å². The smallest absolute Gasteiger partial charge is 0.327 e. The van der Waals surface area contributed by atoms with Crippen molar-refractivity contribution < 1.29 is 24.3 Å². The first kappa shape index (κ1) is 17.8. The predicted molar refractivity (Wildman–Crippen MR) is 76.3 cm³/mol. The number of rotatable bonds is 5. The van der Waals surface area contributed by atoms with Gasteiger partial charge in [0.15, 0.2) is 12.6 Å². The van der Waals surface area contributed by atoms with Crippen molar-refractivity contribution in [3.8, 4) is 0 Å². The zero-order chi connectivity index (χ0) is 15.5. The summed E-state index contributed by atoms with van der Waals surface area (Å²) in [6.45, 7) is 1.26. The number of thiol groups is 1. The van der Waals surface area contributed by atoms with Gasteiger partial charge in [0, 0.05) is 23.8 Å². The number of amides is 1. The van der Waals surface area contributed by atoms with Crippen LogP contribution in [0.4, 0.5) is 0 Å². The lowest BCUT2D eigenvalue weighted by Crippen LogP contribution is -2.40. The number of nitrogens with one attached hydrogen (secondary N) is 1. The Morgan fingerprint density at radius 2 is 1.70 bits per heavy atom. The van der Waals surface area contributed by atoms with Crippen LogP contribution in [-0.4, -0.2) is 41.4 Å². The molecule has 1 rings (SSSR count). The van der Waals surface area contributed by atoms with Gasteiger partial charge in [-0.15, -0.1) is 0 Å². The molecule has 1 aromatic rings. The van der Waals surface area contributed by atoms with Crippen LogP contribution in [0.2, 0.25) is 0 Å². The highest BCUT2D eigenvalue weighted by Crippen LogP contribution is 2.01. The van der Waals surface area contributed by atoms with Gasteiger partial charge in [0.25, 0.3) is 0 Å². The van der Waals surface area contributed by atoms with Crippen LogP contribution >= 0.6 is 12.6 Å². The lowest BCUT2D eigenvalue weighted by atomic mass is 10.1. The van der Waals surface area contributed by atoms with Crippen LogP contribution in [0, 0.1) is 0 Å². The standard InChI is InChI=1S/C8H6O2.C5H9NO3S/c9-5-7-3-1-2-4-8(7)6-10;1-3(7)6-4(2-10)5(8)9/h1-6H;4,10H,2H2,1H3,(H,6,7)(H,8,9)/t;4-/m.0/s1. The van der Waals surface area contributed by atoms with E-state index in [0.717, 1.165) is 0 Å². The predicted octanol–water partition coefficient (Wildman–Crippen LogP) is 0.817. The number of hydrogen-bond acceptors (Lipinski definition) is 5. The average Bonchev–Trinajstić information content (AvgIpc) is 2.44. The Kier molecular flexibility index (Phi) is 8.69. The molecule has 0 radical (unpaired) electrons. The Labute approximate surface area is 121 Å². The fourth-order valence-corrected chi connectivity index (χ4v) is 1.40. The van der Waals surface area contributed by atoms with Crippen LogP contribution in [0.15, 0.2) is 24.3 Å². The van der Waals surface area contributed by atoms with E-state index in [-0.39, 0.29) is 11.7 Å². The number of aldehydes is 2. The molecule has 108 valence electrons. The molecule has 1 amide bonds. The van der Waals surface area contributed by atoms with Gasteiger partial charge >= 0.3 is 5.97 Å². The van der Waals surface area contributed by atoms with E-state index in [1.165, 1.54) is 6.92 Å². The SMILES string of the molecule is CC(=O)N[C@@H](CS)C(=O)O.O=Cc1ccccc1C=O. The Balaban J connectivity index is 0.000000361. The number of hydrogen-bond donors (Lipinski definition) is 3. The first-order valence-corrected chi connectivity index (χ1v) is 6.19. The molecule has 1 aromatic carbocycles. The Bertz CT molecular complexity index is 462. The minimum Gasteiger partial charge on any atom is -0.480 e. The highest BCUT2D eigenvalue weighted by atomic mass is 32.1. The fourth-order valence-electron chi connectivity index (χ4n) is 1.16. The molecule has 0 saturated carbocycles. The second kappa shape index (κ2) is 9.74. The van der Waals surface area contributed by atoms with Crippen molar-refractivity contribution in [2.45, 2.75) is 13.0 Å². The number of carbonyl (C=O) groups excluding carboxylic acids is 3. The van der Waals surface area contributed by atoms with Gasteiger partial charge in [-0.1, -0.05) is 24.3 Å². The summed E-state index contributed by atoms with van der Waals surface area (Å²) < 4.78 is 0. The molecule has 0 bridgehead atoms. The van der Waals surface area contributed by atoms with E-state index >= 15 is 0 Å². The van der Waals surface area contributed by atoms with Gasteiger partial charge in [-0.05, 0) is 0 Å². The number of carbonyl (C=O) groups is 4. The molecule has 20 heavy (non-hydrogen) atoms. The molecule has 0 heterocycles. The van der Waals surface area contributed by atoms with Gasteiger partial charge < -0.3 is 10.4 Å². The number of aliphatic carboxylic acids is 1. The highest BCUT2D eigenvalue weighted by Gasteiger charge is 2.15. The lowest BCUT2D eigenvalue weighted by molar-refractivity contribution is -0.140. The second-order valence-electron chi connectivity index (χ2n) is 3.64. The van der Waals surface area contributed by atoms with Gasteiger partial charge in [0.1, 0.15) is 6.04 Å². The Hall–Kier alpha value is -2.15. The van der Waals surface area contributed by atoms with Gasteiger partial charge in [-0.25, -0.2) is 4.79 Å². The Morgan fingerprint density at radius 1 is 1.25 bits per heavy atom. The van der Waals surface area contributed by atoms with Crippen LogP contribution in [-0.2, 0) is 9.59 Å². The van der Waals surface area contributed by atoms with Crippen molar-refractivity contribution in [3.05, 3.63) is 35.4 Å². The van der Waals surface area contributed by atoms with E-state index < -0.39 is 12.0 Å². The third-order valence-corrected chi connectivity index (χ3v) is 2.47. The maximum atomic E-state index is 10.3. The van der Waals surface area contributed by atoms with E-state index in [9.17, 15) is 19.2 Å². The minimum absolute atomic E-state index is 0.106. The molecule has 7 heteroatoms. The quantitative estimate of drug-likeness (QED) is 0.552. The normalized spacial score (nSPS) is 10.5. The van der Waals surface area contributed by atoms with Crippen molar-refractivity contribution in [2.75, 3.05) is 5.75 Å². The van der Waals surface area contributed by atoms with E-state index in [1.807, 2.05) is 0 Å². The third kappa shape index (κ3) is 6.69. The average molecular weight is 297 g/mol. The van der Waals surface area contributed by atoms with Crippen molar-refractivity contribution >= 4 is 37.1 Å². The number of carboxylic acid groups (broad SMARTS) is 1. The maximum Gasteiger partial charge on any atom is 0.327 e. The number of carboxylic acids is 1. The zero-order valence-electron chi connectivity index (χ0n) is 10.8. The molecule has 2 N–H and O–H groups in total. The molecule has 0 aliphatic rings. The summed E-state index contributed by atoms with van der Waals surface area (Å²) in [5, 5.41) is 10.6. The van der Waals surface area contributed by atoms with Gasteiger partial charge in [0.05, 0.1) is 0 Å². The van der Waals surface area contributed by atoms with Crippen LogP contribution < -0.4 is 5.32 Å². The van der Waals surface area contributed by atoms with Crippen LogP contribution in [0.3, 0.4) is 0 Å². The van der Waals surface area contributed by atoms with E-state index in [0.29, 0.717) is 23.7 Å². The molecule has 0 aliphatic heterocycles. The van der Waals surface area contributed by atoms with Crippen molar-refractivity contribution in [1.29, 1.82) is 0 Å². The van der Waals surface area contributed by atoms with Gasteiger partial charge in [-0.2, -0.15) is 12.6 Å². The summed E-state index contributed by atoms with van der Waals surface area (Å²) >= 11 is 3.73. The van der Waals surface area contributed by atoms with Crippen LogP contribution in [0.5, 0.6) is 0 Å². The molecule has 0 aromatic heterocycles. The summed E-state index contributed by atoms with van der Waals surface area (Å²) in [5.41, 5.74) is 0.884. The zero-order valence-corrected chi connectivity index (χ0v) is 11.7. The molecule has 0 spiro atoms. The monoisotopic (exact) mass is 297 g/mol. The lowest BCUT2D eigenvalue weighted by Gasteiger charge is -2.08. The molecule has 1 atom stereocenters. The fraction of sp³-hybridized carbons (Fsp3) is 0.231. The van der Waals surface area contributed by atoms with E-state index in [1.54, 1.807) is 24.3 Å². The summed E-state index contributed by atoms with van der Waals surface area (Å²) in [7, 11) is 0. The topological polar surface area (TPSA) is 101 Å². The maximum absolute atomic E-state index is 10.3. The second-order valence-corrected chi connectivity index (χ2v) is 4.00. The Morgan fingerprint density at radius 3 is 1.90 bits per heavy atom. The molecular formula is C13H15NO5S. The van der Waals surface area contributed by atoms with Crippen LogP contribution in [0.1, 0.15) is 27.6 Å².